The van der Waals surface area contributed by atoms with E-state index in [1.54, 1.807) is 0 Å². The molecule has 0 rings (SSSR count). The Bertz CT molecular complexity index is 273. The lowest BCUT2D eigenvalue weighted by Gasteiger charge is -2.04. The van der Waals surface area contributed by atoms with E-state index in [-0.39, 0.29) is 12.1 Å². The summed E-state index contributed by atoms with van der Waals surface area (Å²) in [4.78, 5) is 31.8. The maximum atomic E-state index is 10.9. The highest BCUT2D eigenvalue weighted by Crippen LogP contribution is 1.83. The molecule has 0 aliphatic rings. The minimum atomic E-state index is -1.13. The summed E-state index contributed by atoms with van der Waals surface area (Å²) < 4.78 is 0. The number of carbonyl (C=O) groups is 3. The van der Waals surface area contributed by atoms with Crippen molar-refractivity contribution >= 4 is 17.8 Å². The quantitative estimate of drug-likeness (QED) is 0.490. The van der Waals surface area contributed by atoms with Crippen molar-refractivity contribution in [1.82, 2.24) is 10.6 Å². The topological polar surface area (TPSA) is 95.5 Å². The molecule has 0 aromatic carbocycles. The van der Waals surface area contributed by atoms with Gasteiger partial charge in [-0.25, -0.2) is 0 Å². The molecule has 0 aromatic heterocycles. The zero-order chi connectivity index (χ0) is 11.1. The molecule has 0 aliphatic heterocycles. The predicted molar refractivity (Wildman–Crippen MR) is 48.5 cm³/mol. The Labute approximate surface area is 81.0 Å². The molecule has 0 unspecified atom stereocenters. The first-order valence-corrected chi connectivity index (χ1v) is 3.85. The zero-order valence-corrected chi connectivity index (χ0v) is 7.79. The Hall–Kier alpha value is -1.85. The molecule has 14 heavy (non-hydrogen) atoms. The zero-order valence-electron chi connectivity index (χ0n) is 7.79. The van der Waals surface area contributed by atoms with Gasteiger partial charge in [-0.2, -0.15) is 0 Å². The molecule has 6 heteroatoms. The van der Waals surface area contributed by atoms with E-state index in [4.69, 9.17) is 5.11 Å². The Kier molecular flexibility index (Phi) is 4.98. The van der Waals surface area contributed by atoms with E-state index in [2.05, 4.69) is 17.2 Å². The highest BCUT2D eigenvalue weighted by atomic mass is 16.4. The first-order chi connectivity index (χ1) is 6.43. The van der Waals surface area contributed by atoms with E-state index < -0.39 is 24.3 Å². The molecule has 0 radical (unpaired) electrons. The van der Waals surface area contributed by atoms with E-state index in [9.17, 15) is 14.4 Å². The van der Waals surface area contributed by atoms with Crippen LogP contribution in [0.4, 0.5) is 0 Å². The second kappa shape index (κ2) is 5.74. The molecule has 0 spiro atoms. The van der Waals surface area contributed by atoms with Gasteiger partial charge in [0.2, 0.25) is 11.8 Å². The maximum absolute atomic E-state index is 10.9. The van der Waals surface area contributed by atoms with Gasteiger partial charge in [-0.15, -0.1) is 0 Å². The third kappa shape index (κ3) is 5.76. The van der Waals surface area contributed by atoms with Crippen molar-refractivity contribution in [3.63, 3.8) is 0 Å². The molecule has 0 saturated heterocycles. The summed E-state index contributed by atoms with van der Waals surface area (Å²) in [5.41, 5.74) is 0.288. The highest BCUT2D eigenvalue weighted by molar-refractivity contribution is 5.95. The summed E-state index contributed by atoms with van der Waals surface area (Å²) in [6.07, 6.45) is 0. The van der Waals surface area contributed by atoms with Crippen LogP contribution >= 0.6 is 0 Å². The molecule has 3 N–H and O–H groups in total. The van der Waals surface area contributed by atoms with Gasteiger partial charge < -0.3 is 15.7 Å². The van der Waals surface area contributed by atoms with Crippen molar-refractivity contribution in [3.8, 4) is 0 Å². The third-order valence-electron chi connectivity index (χ3n) is 1.23. The normalized spacial score (nSPS) is 8.93. The Morgan fingerprint density at radius 1 is 1.21 bits per heavy atom. The molecule has 0 aliphatic carbocycles. The minimum absolute atomic E-state index is 0.251. The Morgan fingerprint density at radius 3 is 2.21 bits per heavy atom. The number of hydrogen-bond acceptors (Lipinski definition) is 3. The summed E-state index contributed by atoms with van der Waals surface area (Å²) in [5.74, 6) is -2.12. The summed E-state index contributed by atoms with van der Waals surface area (Å²) in [5, 5.41) is 12.6. The molecule has 78 valence electrons. The monoisotopic (exact) mass is 200 g/mol. The van der Waals surface area contributed by atoms with Crippen LogP contribution in [0.25, 0.3) is 0 Å². The fraction of sp³-hybridized carbons (Fsp3) is 0.375. The number of carboxylic acids is 1. The van der Waals surface area contributed by atoms with E-state index in [0.717, 1.165) is 0 Å². The molecule has 0 atom stereocenters. The van der Waals surface area contributed by atoms with Crippen molar-refractivity contribution in [2.45, 2.75) is 6.92 Å². The van der Waals surface area contributed by atoms with E-state index in [0.29, 0.717) is 0 Å². The molecule has 6 nitrogen and oxygen atoms in total. The van der Waals surface area contributed by atoms with E-state index >= 15 is 0 Å². The summed E-state index contributed by atoms with van der Waals surface area (Å²) >= 11 is 0. The van der Waals surface area contributed by atoms with Gasteiger partial charge in [0.05, 0.1) is 6.54 Å². The number of rotatable bonds is 5. The standard InChI is InChI=1S/C8H12N2O4/c1-5(2)8(14)10-3-6(11)9-4-7(12)13/h1,3-4H2,2H3,(H,9,11)(H,10,14)(H,12,13). The summed E-state index contributed by atoms with van der Waals surface area (Å²) in [7, 11) is 0. The van der Waals surface area contributed by atoms with Crippen LogP contribution in [0.1, 0.15) is 6.92 Å². The van der Waals surface area contributed by atoms with Gasteiger partial charge in [0, 0.05) is 5.57 Å². The van der Waals surface area contributed by atoms with Gasteiger partial charge in [-0.1, -0.05) is 6.58 Å². The number of carboxylic acid groups (broad SMARTS) is 1. The summed E-state index contributed by atoms with van der Waals surface area (Å²) in [6.45, 7) is 4.17. The van der Waals surface area contributed by atoms with Crippen LogP contribution in [0.5, 0.6) is 0 Å². The molecular formula is C8H12N2O4. The van der Waals surface area contributed by atoms with Crippen LogP contribution in [0, 0.1) is 0 Å². The van der Waals surface area contributed by atoms with Crippen molar-refractivity contribution in [3.05, 3.63) is 12.2 Å². The Balaban J connectivity index is 3.69. The van der Waals surface area contributed by atoms with E-state index in [1.165, 1.54) is 6.92 Å². The van der Waals surface area contributed by atoms with Gasteiger partial charge in [-0.3, -0.25) is 14.4 Å². The number of amides is 2. The fourth-order valence-corrected chi connectivity index (χ4v) is 0.548. The van der Waals surface area contributed by atoms with Gasteiger partial charge in [0.25, 0.3) is 0 Å². The SMILES string of the molecule is C=C(C)C(=O)NCC(=O)NCC(=O)O. The largest absolute Gasteiger partial charge is 0.480 e. The lowest BCUT2D eigenvalue weighted by Crippen LogP contribution is -2.39. The van der Waals surface area contributed by atoms with Gasteiger partial charge in [0.15, 0.2) is 0 Å². The number of hydrogen-bond donors (Lipinski definition) is 3. The van der Waals surface area contributed by atoms with Crippen molar-refractivity contribution in [2.24, 2.45) is 0 Å². The van der Waals surface area contributed by atoms with Gasteiger partial charge >= 0.3 is 5.97 Å². The second-order valence-corrected chi connectivity index (χ2v) is 2.63. The molecule has 0 bridgehead atoms. The van der Waals surface area contributed by atoms with Crippen LogP contribution in [-0.2, 0) is 14.4 Å². The highest BCUT2D eigenvalue weighted by Gasteiger charge is 2.06. The lowest BCUT2D eigenvalue weighted by molar-refractivity contribution is -0.137. The lowest BCUT2D eigenvalue weighted by atomic mass is 10.3. The smallest absolute Gasteiger partial charge is 0.322 e. The first-order valence-electron chi connectivity index (χ1n) is 3.85. The van der Waals surface area contributed by atoms with Crippen LogP contribution in [-0.4, -0.2) is 36.0 Å². The average molecular weight is 200 g/mol. The third-order valence-corrected chi connectivity index (χ3v) is 1.23. The van der Waals surface area contributed by atoms with Crippen LogP contribution in [0.15, 0.2) is 12.2 Å². The van der Waals surface area contributed by atoms with Gasteiger partial charge in [-0.05, 0) is 6.92 Å². The van der Waals surface area contributed by atoms with Gasteiger partial charge in [0.1, 0.15) is 6.54 Å². The molecule has 0 fully saturated rings. The molecular weight excluding hydrogens is 188 g/mol. The van der Waals surface area contributed by atoms with Crippen molar-refractivity contribution < 1.29 is 19.5 Å². The van der Waals surface area contributed by atoms with Crippen molar-refractivity contribution in [1.29, 1.82) is 0 Å². The first kappa shape index (κ1) is 12.2. The minimum Gasteiger partial charge on any atom is -0.480 e. The van der Waals surface area contributed by atoms with E-state index in [1.807, 2.05) is 0 Å². The van der Waals surface area contributed by atoms with Crippen LogP contribution < -0.4 is 10.6 Å². The molecule has 0 heterocycles. The molecule has 2 amide bonds. The van der Waals surface area contributed by atoms with Crippen LogP contribution in [0.2, 0.25) is 0 Å². The number of nitrogens with one attached hydrogen (secondary N) is 2. The van der Waals surface area contributed by atoms with Crippen LogP contribution in [0.3, 0.4) is 0 Å². The maximum Gasteiger partial charge on any atom is 0.322 e. The fourth-order valence-electron chi connectivity index (χ4n) is 0.548. The molecule has 0 aromatic rings. The average Bonchev–Trinajstić information content (AvgIpc) is 2.10. The second-order valence-electron chi connectivity index (χ2n) is 2.63. The number of aliphatic carboxylic acids is 1. The van der Waals surface area contributed by atoms with Crippen molar-refractivity contribution in [2.75, 3.05) is 13.1 Å². The Morgan fingerprint density at radius 2 is 1.79 bits per heavy atom. The number of carbonyl (C=O) groups excluding carboxylic acids is 2. The summed E-state index contributed by atoms with van der Waals surface area (Å²) in [6, 6.07) is 0. The molecule has 0 saturated carbocycles. The predicted octanol–water partition coefficient (Wildman–Crippen LogP) is -1.12.